The first-order valence-electron chi connectivity index (χ1n) is 4.22. The third-order valence-corrected chi connectivity index (χ3v) is 2.23. The Morgan fingerprint density at radius 2 is 2.46 bits per heavy atom. The van der Waals surface area contributed by atoms with Crippen LogP contribution < -0.4 is 5.56 Å². The number of aliphatic hydroxyl groups is 1. The van der Waals surface area contributed by atoms with Crippen LogP contribution in [0.5, 0.6) is 0 Å². The SMILES string of the molecule is Cc1cc(=O)n([C@H]2COC[C@@H]2O)[nH]1. The van der Waals surface area contributed by atoms with Gasteiger partial charge in [-0.1, -0.05) is 0 Å². The zero-order chi connectivity index (χ0) is 9.42. The van der Waals surface area contributed by atoms with E-state index in [0.29, 0.717) is 13.2 Å². The van der Waals surface area contributed by atoms with Crippen LogP contribution in [0.4, 0.5) is 0 Å². The highest BCUT2D eigenvalue weighted by Gasteiger charge is 2.29. The van der Waals surface area contributed by atoms with Crippen LogP contribution in [0.3, 0.4) is 0 Å². The third kappa shape index (κ3) is 1.40. The Labute approximate surface area is 74.9 Å². The lowest BCUT2D eigenvalue weighted by atomic mass is 10.2. The van der Waals surface area contributed by atoms with Crippen molar-refractivity contribution in [2.24, 2.45) is 0 Å². The van der Waals surface area contributed by atoms with Crippen LogP contribution in [0, 0.1) is 6.92 Å². The highest BCUT2D eigenvalue weighted by atomic mass is 16.5. The molecule has 1 aliphatic heterocycles. The summed E-state index contributed by atoms with van der Waals surface area (Å²) in [5.41, 5.74) is 0.677. The maximum atomic E-state index is 11.3. The molecule has 1 aromatic rings. The minimum Gasteiger partial charge on any atom is -0.388 e. The fraction of sp³-hybridized carbons (Fsp3) is 0.625. The Bertz CT molecular complexity index is 355. The van der Waals surface area contributed by atoms with Crippen LogP contribution in [-0.4, -0.2) is 34.2 Å². The van der Waals surface area contributed by atoms with Gasteiger partial charge in [0, 0.05) is 11.8 Å². The van der Waals surface area contributed by atoms with Crippen molar-refractivity contribution in [3.05, 3.63) is 22.1 Å². The Hall–Kier alpha value is -1.07. The van der Waals surface area contributed by atoms with Crippen molar-refractivity contribution in [3.8, 4) is 0 Å². The van der Waals surface area contributed by atoms with E-state index in [1.165, 1.54) is 10.7 Å². The van der Waals surface area contributed by atoms with Crippen molar-refractivity contribution >= 4 is 0 Å². The number of nitrogens with zero attached hydrogens (tertiary/aromatic N) is 1. The number of rotatable bonds is 1. The van der Waals surface area contributed by atoms with Crippen LogP contribution in [0.2, 0.25) is 0 Å². The number of aromatic nitrogens is 2. The third-order valence-electron chi connectivity index (χ3n) is 2.23. The van der Waals surface area contributed by atoms with Gasteiger partial charge in [-0.15, -0.1) is 0 Å². The highest BCUT2D eigenvalue weighted by molar-refractivity contribution is 4.98. The zero-order valence-corrected chi connectivity index (χ0v) is 7.36. The maximum Gasteiger partial charge on any atom is 0.267 e. The Balaban J connectivity index is 2.34. The standard InChI is InChI=1S/C8H12N2O3/c1-5-2-8(12)10(9-5)6-3-13-4-7(6)11/h2,6-7,9,11H,3-4H2,1H3/t6-,7-/m0/s1. The molecule has 0 amide bonds. The van der Waals surface area contributed by atoms with Crippen molar-refractivity contribution in [1.29, 1.82) is 0 Å². The number of nitrogens with one attached hydrogen (secondary N) is 1. The van der Waals surface area contributed by atoms with E-state index in [0.717, 1.165) is 5.69 Å². The lowest BCUT2D eigenvalue weighted by Crippen LogP contribution is -2.30. The molecule has 0 spiro atoms. The molecule has 5 heteroatoms. The Morgan fingerprint density at radius 1 is 1.69 bits per heavy atom. The van der Waals surface area contributed by atoms with E-state index in [-0.39, 0.29) is 11.6 Å². The molecular formula is C8H12N2O3. The monoisotopic (exact) mass is 184 g/mol. The summed E-state index contributed by atoms with van der Waals surface area (Å²) in [5, 5.41) is 12.4. The summed E-state index contributed by atoms with van der Waals surface area (Å²) in [5.74, 6) is 0. The summed E-state index contributed by atoms with van der Waals surface area (Å²) in [6.07, 6.45) is -0.587. The number of aliphatic hydroxyl groups excluding tert-OH is 1. The summed E-state index contributed by atoms with van der Waals surface area (Å²) >= 11 is 0. The van der Waals surface area contributed by atoms with Gasteiger partial charge in [0.2, 0.25) is 0 Å². The Kier molecular flexibility index (Phi) is 1.97. The molecule has 0 radical (unpaired) electrons. The van der Waals surface area contributed by atoms with Gasteiger partial charge in [0.15, 0.2) is 0 Å². The number of ether oxygens (including phenoxy) is 1. The van der Waals surface area contributed by atoms with E-state index >= 15 is 0 Å². The molecule has 0 unspecified atom stereocenters. The van der Waals surface area contributed by atoms with Crippen molar-refractivity contribution in [1.82, 2.24) is 9.78 Å². The van der Waals surface area contributed by atoms with E-state index in [1.54, 1.807) is 6.92 Å². The molecule has 1 saturated heterocycles. The molecule has 2 rings (SSSR count). The number of hydrogen-bond donors (Lipinski definition) is 2. The molecule has 0 bridgehead atoms. The van der Waals surface area contributed by atoms with E-state index in [2.05, 4.69) is 5.10 Å². The number of aryl methyl sites for hydroxylation is 1. The second-order valence-electron chi connectivity index (χ2n) is 3.32. The average molecular weight is 184 g/mol. The van der Waals surface area contributed by atoms with E-state index in [1.807, 2.05) is 0 Å². The molecule has 1 aliphatic rings. The van der Waals surface area contributed by atoms with Gasteiger partial charge in [-0.05, 0) is 6.92 Å². The van der Waals surface area contributed by atoms with Crippen molar-refractivity contribution < 1.29 is 9.84 Å². The predicted molar refractivity (Wildman–Crippen MR) is 45.7 cm³/mol. The molecule has 5 nitrogen and oxygen atoms in total. The largest absolute Gasteiger partial charge is 0.388 e. The second-order valence-corrected chi connectivity index (χ2v) is 3.32. The van der Waals surface area contributed by atoms with Gasteiger partial charge in [-0.2, -0.15) is 0 Å². The molecular weight excluding hydrogens is 172 g/mol. The van der Waals surface area contributed by atoms with Crippen molar-refractivity contribution in [2.75, 3.05) is 13.2 Å². The minimum absolute atomic E-state index is 0.118. The van der Waals surface area contributed by atoms with Crippen LogP contribution >= 0.6 is 0 Å². The number of hydrogen-bond acceptors (Lipinski definition) is 3. The summed E-state index contributed by atoms with van der Waals surface area (Å²) in [4.78, 5) is 11.3. The molecule has 1 aromatic heterocycles. The topological polar surface area (TPSA) is 67.2 Å². The molecule has 13 heavy (non-hydrogen) atoms. The molecule has 2 atom stereocenters. The van der Waals surface area contributed by atoms with Gasteiger partial charge >= 0.3 is 0 Å². The lowest BCUT2D eigenvalue weighted by Gasteiger charge is -2.12. The molecule has 0 aliphatic carbocycles. The predicted octanol–water partition coefficient (Wildman–Crippen LogP) is -0.583. The fourth-order valence-electron chi connectivity index (χ4n) is 1.56. The van der Waals surface area contributed by atoms with Crippen LogP contribution in [0.15, 0.2) is 10.9 Å². The van der Waals surface area contributed by atoms with E-state index in [9.17, 15) is 9.90 Å². The Morgan fingerprint density at radius 3 is 2.92 bits per heavy atom. The van der Waals surface area contributed by atoms with Gasteiger partial charge in [0.25, 0.3) is 5.56 Å². The first kappa shape index (κ1) is 8.52. The first-order chi connectivity index (χ1) is 6.18. The second kappa shape index (κ2) is 3.01. The fourth-order valence-corrected chi connectivity index (χ4v) is 1.56. The molecule has 0 saturated carbocycles. The van der Waals surface area contributed by atoms with Crippen LogP contribution in [0.1, 0.15) is 11.7 Å². The quantitative estimate of drug-likeness (QED) is 0.613. The van der Waals surface area contributed by atoms with Crippen molar-refractivity contribution in [3.63, 3.8) is 0 Å². The molecule has 72 valence electrons. The van der Waals surface area contributed by atoms with E-state index in [4.69, 9.17) is 4.74 Å². The van der Waals surface area contributed by atoms with Crippen molar-refractivity contribution in [2.45, 2.75) is 19.1 Å². The number of H-pyrrole nitrogens is 1. The van der Waals surface area contributed by atoms with Crippen LogP contribution in [-0.2, 0) is 4.74 Å². The molecule has 2 N–H and O–H groups in total. The molecule has 1 fully saturated rings. The zero-order valence-electron chi connectivity index (χ0n) is 7.36. The highest BCUT2D eigenvalue weighted by Crippen LogP contribution is 2.16. The maximum absolute atomic E-state index is 11.3. The molecule has 2 heterocycles. The smallest absolute Gasteiger partial charge is 0.267 e. The van der Waals surface area contributed by atoms with Crippen LogP contribution in [0.25, 0.3) is 0 Å². The van der Waals surface area contributed by atoms with Gasteiger partial charge in [-0.3, -0.25) is 9.89 Å². The first-order valence-corrected chi connectivity index (χ1v) is 4.22. The average Bonchev–Trinajstić information content (AvgIpc) is 2.58. The normalized spacial score (nSPS) is 28.2. The minimum atomic E-state index is -0.587. The van der Waals surface area contributed by atoms with Gasteiger partial charge < -0.3 is 9.84 Å². The summed E-state index contributed by atoms with van der Waals surface area (Å²) in [6, 6.07) is 1.24. The summed E-state index contributed by atoms with van der Waals surface area (Å²) < 4.78 is 6.48. The van der Waals surface area contributed by atoms with Gasteiger partial charge in [-0.25, -0.2) is 4.68 Å². The van der Waals surface area contributed by atoms with Gasteiger partial charge in [0.05, 0.1) is 13.2 Å². The summed E-state index contributed by atoms with van der Waals surface area (Å²) in [6.45, 7) is 2.50. The van der Waals surface area contributed by atoms with E-state index < -0.39 is 6.10 Å². The van der Waals surface area contributed by atoms with Gasteiger partial charge in [0.1, 0.15) is 12.1 Å². The lowest BCUT2D eigenvalue weighted by molar-refractivity contribution is 0.117. The molecule has 0 aromatic carbocycles. The summed E-state index contributed by atoms with van der Waals surface area (Å²) in [7, 11) is 0. The number of aromatic amines is 1.